The van der Waals surface area contributed by atoms with Gasteiger partial charge in [0.25, 0.3) is 0 Å². The van der Waals surface area contributed by atoms with E-state index in [4.69, 9.17) is 5.10 Å². The minimum atomic E-state index is 0.223. The molecule has 21 heavy (non-hydrogen) atoms. The monoisotopic (exact) mass is 287 g/mol. The smallest absolute Gasteiger partial charge is 0.0947 e. The largest absolute Gasteiger partial charge is 0.340 e. The van der Waals surface area contributed by atoms with E-state index < -0.39 is 0 Å². The maximum absolute atomic E-state index is 4.80. The molecule has 1 saturated carbocycles. The molecule has 5 nitrogen and oxygen atoms in total. The third-order valence-electron chi connectivity index (χ3n) is 4.46. The molecule has 114 valence electrons. The molecule has 1 atom stereocenters. The van der Waals surface area contributed by atoms with E-state index in [0.29, 0.717) is 6.04 Å². The van der Waals surface area contributed by atoms with Crippen LogP contribution < -0.4 is 5.32 Å². The molecule has 0 aliphatic heterocycles. The van der Waals surface area contributed by atoms with Gasteiger partial charge in [0, 0.05) is 25.9 Å². The molecule has 0 saturated heterocycles. The summed E-state index contributed by atoms with van der Waals surface area (Å²) in [5.41, 5.74) is 2.22. The van der Waals surface area contributed by atoms with E-state index in [9.17, 15) is 0 Å². The van der Waals surface area contributed by atoms with Crippen LogP contribution in [0.25, 0.3) is 0 Å². The van der Waals surface area contributed by atoms with Gasteiger partial charge in [-0.1, -0.05) is 19.3 Å². The van der Waals surface area contributed by atoms with Crippen LogP contribution in [0.2, 0.25) is 0 Å². The van der Waals surface area contributed by atoms with E-state index in [1.807, 2.05) is 25.0 Å². The first-order valence-electron chi connectivity index (χ1n) is 7.95. The molecule has 1 unspecified atom stereocenters. The second-order valence-electron chi connectivity index (χ2n) is 6.09. The van der Waals surface area contributed by atoms with Crippen LogP contribution in [0.15, 0.2) is 24.8 Å². The van der Waals surface area contributed by atoms with E-state index in [0.717, 1.165) is 17.8 Å². The Balaban J connectivity index is 1.68. The number of likely N-dealkylation sites (N-methyl/N-ethyl adjacent to an activating group) is 1. The Bertz CT molecular complexity index is 565. The van der Waals surface area contributed by atoms with Crippen LogP contribution in [0.1, 0.15) is 55.6 Å². The van der Waals surface area contributed by atoms with Crippen molar-refractivity contribution in [2.45, 2.75) is 50.6 Å². The lowest BCUT2D eigenvalue weighted by Gasteiger charge is -2.21. The molecule has 2 aromatic rings. The average Bonchev–Trinajstić information content (AvgIpc) is 3.15. The predicted molar refractivity (Wildman–Crippen MR) is 83.1 cm³/mol. The van der Waals surface area contributed by atoms with Crippen LogP contribution >= 0.6 is 0 Å². The molecule has 1 aliphatic carbocycles. The molecule has 1 fully saturated rings. The third-order valence-corrected chi connectivity index (χ3v) is 4.46. The number of hydrogen-bond donors (Lipinski definition) is 1. The van der Waals surface area contributed by atoms with Crippen LogP contribution in [0.5, 0.6) is 0 Å². The zero-order valence-electron chi connectivity index (χ0n) is 13.0. The highest BCUT2D eigenvalue weighted by molar-refractivity contribution is 5.10. The van der Waals surface area contributed by atoms with Crippen molar-refractivity contribution in [1.29, 1.82) is 0 Å². The summed E-state index contributed by atoms with van der Waals surface area (Å²) in [6.45, 7) is 0. The molecule has 0 bridgehead atoms. The van der Waals surface area contributed by atoms with Gasteiger partial charge in [-0.15, -0.1) is 0 Å². The van der Waals surface area contributed by atoms with Gasteiger partial charge in [-0.3, -0.25) is 4.68 Å². The van der Waals surface area contributed by atoms with Gasteiger partial charge in [-0.25, -0.2) is 4.98 Å². The lowest BCUT2D eigenvalue weighted by atomic mass is 9.96. The Morgan fingerprint density at radius 2 is 2.14 bits per heavy atom. The van der Waals surface area contributed by atoms with E-state index in [-0.39, 0.29) is 6.04 Å². The molecule has 5 heteroatoms. The minimum Gasteiger partial charge on any atom is -0.340 e. The van der Waals surface area contributed by atoms with Crippen LogP contribution in [0, 0.1) is 0 Å². The highest BCUT2D eigenvalue weighted by Crippen LogP contribution is 2.27. The summed E-state index contributed by atoms with van der Waals surface area (Å²) >= 11 is 0. The van der Waals surface area contributed by atoms with Gasteiger partial charge in [0.15, 0.2) is 0 Å². The predicted octanol–water partition coefficient (Wildman–Crippen LogP) is 2.63. The summed E-state index contributed by atoms with van der Waals surface area (Å²) in [4.78, 5) is 4.45. The summed E-state index contributed by atoms with van der Waals surface area (Å²) in [5.74, 6) is 0. The molecule has 0 radical (unpaired) electrons. The van der Waals surface area contributed by atoms with Crippen molar-refractivity contribution < 1.29 is 0 Å². The first kappa shape index (κ1) is 14.3. The van der Waals surface area contributed by atoms with Crippen LogP contribution in [0.4, 0.5) is 0 Å². The quantitative estimate of drug-likeness (QED) is 0.919. The zero-order valence-corrected chi connectivity index (χ0v) is 13.0. The summed E-state index contributed by atoms with van der Waals surface area (Å²) in [6.07, 6.45) is 13.6. The maximum atomic E-state index is 4.80. The summed E-state index contributed by atoms with van der Waals surface area (Å²) < 4.78 is 4.17. The summed E-state index contributed by atoms with van der Waals surface area (Å²) in [5, 5.41) is 8.14. The van der Waals surface area contributed by atoms with Crippen LogP contribution in [-0.4, -0.2) is 26.4 Å². The zero-order chi connectivity index (χ0) is 14.7. The fourth-order valence-corrected chi connectivity index (χ4v) is 3.21. The molecule has 3 rings (SSSR count). The number of aromatic nitrogens is 4. The van der Waals surface area contributed by atoms with Crippen LogP contribution in [0.3, 0.4) is 0 Å². The van der Waals surface area contributed by atoms with Gasteiger partial charge >= 0.3 is 0 Å². The van der Waals surface area contributed by atoms with Crippen molar-refractivity contribution in [3.63, 3.8) is 0 Å². The first-order valence-corrected chi connectivity index (χ1v) is 7.95. The van der Waals surface area contributed by atoms with Crippen molar-refractivity contribution in [2.75, 3.05) is 7.05 Å². The molecular formula is C16H25N5. The van der Waals surface area contributed by atoms with Gasteiger partial charge in [0.1, 0.15) is 0 Å². The molecular weight excluding hydrogens is 262 g/mol. The Kier molecular flexibility index (Phi) is 4.39. The van der Waals surface area contributed by atoms with Crippen molar-refractivity contribution in [2.24, 2.45) is 7.05 Å². The Morgan fingerprint density at radius 3 is 2.81 bits per heavy atom. The molecule has 1 N–H and O–H groups in total. The van der Waals surface area contributed by atoms with Crippen molar-refractivity contribution >= 4 is 0 Å². The molecule has 2 heterocycles. The Labute approximate surface area is 126 Å². The molecule has 0 amide bonds. The highest BCUT2D eigenvalue weighted by Gasteiger charge is 2.18. The lowest BCUT2D eigenvalue weighted by molar-refractivity contribution is 0.327. The van der Waals surface area contributed by atoms with Crippen LogP contribution in [-0.2, 0) is 13.5 Å². The van der Waals surface area contributed by atoms with Gasteiger partial charge in [-0.05, 0) is 26.0 Å². The molecule has 1 aliphatic rings. The van der Waals surface area contributed by atoms with Crippen molar-refractivity contribution in [3.05, 3.63) is 36.2 Å². The lowest BCUT2D eigenvalue weighted by Crippen LogP contribution is -2.20. The van der Waals surface area contributed by atoms with Gasteiger partial charge < -0.3 is 9.88 Å². The fourth-order valence-electron chi connectivity index (χ4n) is 3.21. The number of imidazole rings is 1. The van der Waals surface area contributed by atoms with E-state index in [2.05, 4.69) is 33.4 Å². The number of nitrogens with one attached hydrogen (secondary N) is 1. The number of rotatable bonds is 5. The van der Waals surface area contributed by atoms with Crippen molar-refractivity contribution in [1.82, 2.24) is 24.6 Å². The number of nitrogens with zero attached hydrogens (tertiary/aromatic N) is 4. The fraction of sp³-hybridized carbons (Fsp3) is 0.625. The Morgan fingerprint density at radius 1 is 1.33 bits per heavy atom. The summed E-state index contributed by atoms with van der Waals surface area (Å²) in [6, 6.07) is 2.98. The van der Waals surface area contributed by atoms with Gasteiger partial charge in [0.05, 0.1) is 29.8 Å². The molecule has 0 aromatic carbocycles. The molecule has 2 aromatic heterocycles. The topological polar surface area (TPSA) is 47.7 Å². The second-order valence-corrected chi connectivity index (χ2v) is 6.09. The van der Waals surface area contributed by atoms with E-state index in [1.54, 1.807) is 0 Å². The van der Waals surface area contributed by atoms with E-state index >= 15 is 0 Å². The second kappa shape index (κ2) is 6.43. The first-order chi connectivity index (χ1) is 10.3. The standard InChI is InChI=1S/C16H25N5/c1-17-15(16-11-20(2)12-18-16)10-13-8-9-21(19-13)14-6-4-3-5-7-14/h8-9,11-12,14-15,17H,3-7,10H2,1-2H3. The normalized spacial score (nSPS) is 18.0. The molecule has 0 spiro atoms. The highest BCUT2D eigenvalue weighted by atomic mass is 15.3. The van der Waals surface area contributed by atoms with Crippen molar-refractivity contribution in [3.8, 4) is 0 Å². The third kappa shape index (κ3) is 3.35. The summed E-state index contributed by atoms with van der Waals surface area (Å²) in [7, 11) is 3.98. The minimum absolute atomic E-state index is 0.223. The van der Waals surface area contributed by atoms with E-state index in [1.165, 1.54) is 32.1 Å². The van der Waals surface area contributed by atoms with Gasteiger partial charge in [-0.2, -0.15) is 5.10 Å². The Hall–Kier alpha value is -1.62. The number of aryl methyl sites for hydroxylation is 1. The number of hydrogen-bond acceptors (Lipinski definition) is 3. The maximum Gasteiger partial charge on any atom is 0.0947 e. The average molecular weight is 287 g/mol. The SMILES string of the molecule is CNC(Cc1ccn(C2CCCCC2)n1)c1cn(C)cn1. The van der Waals surface area contributed by atoms with Gasteiger partial charge in [0.2, 0.25) is 0 Å².